The van der Waals surface area contributed by atoms with Crippen LogP contribution in [-0.2, 0) is 11.2 Å². The molecule has 0 spiro atoms. The fourth-order valence-electron chi connectivity index (χ4n) is 5.75. The van der Waals surface area contributed by atoms with Crippen LogP contribution in [0.25, 0.3) is 0 Å². The lowest BCUT2D eigenvalue weighted by Crippen LogP contribution is -2.63. The summed E-state index contributed by atoms with van der Waals surface area (Å²) in [5, 5.41) is 3.60. The van der Waals surface area contributed by atoms with Gasteiger partial charge >= 0.3 is 0 Å². The number of carbonyl (C=O) groups is 1. The van der Waals surface area contributed by atoms with E-state index in [2.05, 4.69) is 63.1 Å². The summed E-state index contributed by atoms with van der Waals surface area (Å²) in [4.78, 5) is 24.6. The molecule has 2 aliphatic heterocycles. The highest BCUT2D eigenvalue weighted by Crippen LogP contribution is 2.29. The summed E-state index contributed by atoms with van der Waals surface area (Å²) in [6, 6.07) is 15.7. The number of hydrogen-bond donors (Lipinski definition) is 1. The summed E-state index contributed by atoms with van der Waals surface area (Å²) in [7, 11) is 1.73. The number of nitrogens with one attached hydrogen (secondary N) is 1. The zero-order valence-electron chi connectivity index (χ0n) is 21.4. The second kappa shape index (κ2) is 12.2. The molecule has 3 heterocycles. The van der Waals surface area contributed by atoms with Crippen molar-refractivity contribution in [3.63, 3.8) is 0 Å². The van der Waals surface area contributed by atoms with Crippen LogP contribution in [0, 0.1) is 5.92 Å². The molecule has 1 aromatic heterocycles. The number of anilines is 1. The Hall–Kier alpha value is -2.15. The molecule has 2 saturated heterocycles. The number of aromatic nitrogens is 1. The molecule has 35 heavy (non-hydrogen) atoms. The first-order valence-electron chi connectivity index (χ1n) is 13.0. The number of piperidine rings is 1. The predicted octanol–water partition coefficient (Wildman–Crippen LogP) is 4.09. The first-order chi connectivity index (χ1) is 16.9. The van der Waals surface area contributed by atoms with Gasteiger partial charge in [0.2, 0.25) is 5.91 Å². The van der Waals surface area contributed by atoms with E-state index in [0.29, 0.717) is 30.6 Å². The second-order valence-corrected chi connectivity index (χ2v) is 10.9. The summed E-state index contributed by atoms with van der Waals surface area (Å²) in [5.41, 5.74) is 1.30. The van der Waals surface area contributed by atoms with Crippen molar-refractivity contribution in [2.24, 2.45) is 5.92 Å². The molecule has 1 N–H and O–H groups in total. The highest BCUT2D eigenvalue weighted by Gasteiger charge is 2.39. The molecule has 0 aliphatic carbocycles. The minimum atomic E-state index is 0.0983. The molecular formula is C28H40ClN5O. The summed E-state index contributed by atoms with van der Waals surface area (Å²) in [6.45, 7) is 9.03. The maximum absolute atomic E-state index is 12.4. The molecule has 1 aromatic carbocycles. The van der Waals surface area contributed by atoms with Crippen molar-refractivity contribution in [1.82, 2.24) is 20.1 Å². The number of hydrogen-bond acceptors (Lipinski definition) is 5. The standard InChI is InChI=1S/C28H40ClN5O/c1-21(2)16-25-19-34(24-11-14-32(15-12-24)27-6-4-5-13-31-27)26(18-33(25)20-28(35)30-3)17-22-7-9-23(29)10-8-22/h4-10,13,21,24-26H,11-12,14-20H2,1-3H3,(H,30,35)/t25-,26-/m0/s1. The Morgan fingerprint density at radius 3 is 2.46 bits per heavy atom. The average molecular weight is 498 g/mol. The van der Waals surface area contributed by atoms with E-state index < -0.39 is 0 Å². The van der Waals surface area contributed by atoms with Crippen LogP contribution in [-0.4, -0.2) is 78.6 Å². The van der Waals surface area contributed by atoms with Crippen LogP contribution in [0.3, 0.4) is 0 Å². The van der Waals surface area contributed by atoms with Crippen LogP contribution in [0.2, 0.25) is 5.02 Å². The Balaban J connectivity index is 1.52. The molecule has 190 valence electrons. The van der Waals surface area contributed by atoms with E-state index in [0.717, 1.165) is 62.7 Å². The van der Waals surface area contributed by atoms with Crippen LogP contribution >= 0.6 is 11.6 Å². The van der Waals surface area contributed by atoms with Gasteiger partial charge in [0, 0.05) is 62.6 Å². The zero-order chi connectivity index (χ0) is 24.8. The van der Waals surface area contributed by atoms with Gasteiger partial charge in [-0.1, -0.05) is 43.6 Å². The highest BCUT2D eigenvalue weighted by atomic mass is 35.5. The number of pyridine rings is 1. The summed E-state index contributed by atoms with van der Waals surface area (Å²) in [6.07, 6.45) is 6.23. The number of benzene rings is 1. The quantitative estimate of drug-likeness (QED) is 0.595. The first-order valence-corrected chi connectivity index (χ1v) is 13.4. The number of rotatable bonds is 8. The highest BCUT2D eigenvalue weighted by molar-refractivity contribution is 6.30. The Morgan fingerprint density at radius 2 is 1.83 bits per heavy atom. The Bertz CT molecular complexity index is 930. The topological polar surface area (TPSA) is 51.7 Å². The average Bonchev–Trinajstić information content (AvgIpc) is 2.87. The van der Waals surface area contributed by atoms with Gasteiger partial charge in [-0.3, -0.25) is 14.6 Å². The van der Waals surface area contributed by atoms with Gasteiger partial charge in [0.05, 0.1) is 6.54 Å². The molecule has 2 atom stereocenters. The largest absolute Gasteiger partial charge is 0.358 e. The minimum absolute atomic E-state index is 0.0983. The lowest BCUT2D eigenvalue weighted by molar-refractivity contribution is -0.124. The zero-order valence-corrected chi connectivity index (χ0v) is 22.1. The Kier molecular flexibility index (Phi) is 9.04. The first kappa shape index (κ1) is 25.9. The maximum atomic E-state index is 12.4. The molecule has 1 amide bonds. The molecule has 7 heteroatoms. The molecule has 0 bridgehead atoms. The smallest absolute Gasteiger partial charge is 0.233 e. The van der Waals surface area contributed by atoms with E-state index in [1.807, 2.05) is 24.4 Å². The number of likely N-dealkylation sites (N-methyl/N-ethyl adjacent to an activating group) is 1. The number of carbonyl (C=O) groups excluding carboxylic acids is 1. The molecule has 0 radical (unpaired) electrons. The molecule has 2 aromatic rings. The number of nitrogens with zero attached hydrogens (tertiary/aromatic N) is 4. The van der Waals surface area contributed by atoms with Crippen molar-refractivity contribution >= 4 is 23.3 Å². The van der Waals surface area contributed by atoms with Crippen molar-refractivity contribution in [3.05, 3.63) is 59.2 Å². The van der Waals surface area contributed by atoms with Crippen LogP contribution in [0.1, 0.15) is 38.7 Å². The van der Waals surface area contributed by atoms with Gasteiger partial charge in [0.1, 0.15) is 5.82 Å². The Morgan fingerprint density at radius 1 is 1.09 bits per heavy atom. The molecule has 4 rings (SSSR count). The van der Waals surface area contributed by atoms with Gasteiger partial charge in [-0.15, -0.1) is 0 Å². The lowest BCUT2D eigenvalue weighted by Gasteiger charge is -2.51. The molecule has 0 unspecified atom stereocenters. The molecule has 2 fully saturated rings. The van der Waals surface area contributed by atoms with Crippen LogP contribution in [0.4, 0.5) is 5.82 Å². The second-order valence-electron chi connectivity index (χ2n) is 10.5. The number of amides is 1. The Labute approximate surface area is 215 Å². The van der Waals surface area contributed by atoms with Gasteiger partial charge in [-0.05, 0) is 61.4 Å². The third-order valence-electron chi connectivity index (χ3n) is 7.51. The van der Waals surface area contributed by atoms with Crippen LogP contribution < -0.4 is 10.2 Å². The van der Waals surface area contributed by atoms with E-state index in [4.69, 9.17) is 11.6 Å². The number of piperazine rings is 1. The van der Waals surface area contributed by atoms with Crippen LogP contribution in [0.15, 0.2) is 48.7 Å². The van der Waals surface area contributed by atoms with E-state index in [1.165, 1.54) is 5.56 Å². The van der Waals surface area contributed by atoms with E-state index in [1.54, 1.807) is 7.05 Å². The number of halogens is 1. The van der Waals surface area contributed by atoms with Crippen molar-refractivity contribution in [2.75, 3.05) is 44.7 Å². The van der Waals surface area contributed by atoms with Gasteiger partial charge in [0.25, 0.3) is 0 Å². The van der Waals surface area contributed by atoms with E-state index >= 15 is 0 Å². The molecule has 2 aliphatic rings. The van der Waals surface area contributed by atoms with Gasteiger partial charge < -0.3 is 10.2 Å². The summed E-state index contributed by atoms with van der Waals surface area (Å²) < 4.78 is 0. The molecular weight excluding hydrogens is 458 g/mol. The normalized spacial score (nSPS) is 22.5. The lowest BCUT2D eigenvalue weighted by atomic mass is 9.91. The van der Waals surface area contributed by atoms with Crippen LogP contribution in [0.5, 0.6) is 0 Å². The monoisotopic (exact) mass is 497 g/mol. The molecule has 0 saturated carbocycles. The summed E-state index contributed by atoms with van der Waals surface area (Å²) >= 11 is 6.16. The van der Waals surface area contributed by atoms with Crippen molar-refractivity contribution in [2.45, 2.75) is 57.7 Å². The maximum Gasteiger partial charge on any atom is 0.233 e. The van der Waals surface area contributed by atoms with Gasteiger partial charge in [-0.25, -0.2) is 4.98 Å². The summed E-state index contributed by atoms with van der Waals surface area (Å²) in [5.74, 6) is 1.77. The van der Waals surface area contributed by atoms with Crippen molar-refractivity contribution in [3.8, 4) is 0 Å². The fraction of sp³-hybridized carbons (Fsp3) is 0.571. The minimum Gasteiger partial charge on any atom is -0.358 e. The van der Waals surface area contributed by atoms with Gasteiger partial charge in [0.15, 0.2) is 0 Å². The van der Waals surface area contributed by atoms with Crippen molar-refractivity contribution in [1.29, 1.82) is 0 Å². The fourth-order valence-corrected chi connectivity index (χ4v) is 5.87. The third kappa shape index (κ3) is 6.96. The van der Waals surface area contributed by atoms with Crippen molar-refractivity contribution < 1.29 is 4.79 Å². The van der Waals surface area contributed by atoms with Gasteiger partial charge in [-0.2, -0.15) is 0 Å². The SMILES string of the molecule is CNC(=O)CN1C[C@H](Cc2ccc(Cl)cc2)N(C2CCN(c3ccccn3)CC2)C[C@@H]1CC(C)C. The predicted molar refractivity (Wildman–Crippen MR) is 144 cm³/mol. The van der Waals surface area contributed by atoms with E-state index in [-0.39, 0.29) is 5.91 Å². The molecule has 6 nitrogen and oxygen atoms in total. The van der Waals surface area contributed by atoms with E-state index in [9.17, 15) is 4.79 Å². The third-order valence-corrected chi connectivity index (χ3v) is 7.76.